The van der Waals surface area contributed by atoms with Crippen molar-refractivity contribution in [3.05, 3.63) is 21.4 Å². The summed E-state index contributed by atoms with van der Waals surface area (Å²) in [5.41, 5.74) is 1.40. The van der Waals surface area contributed by atoms with E-state index in [0.717, 1.165) is 17.7 Å². The van der Waals surface area contributed by atoms with E-state index in [-0.39, 0.29) is 5.91 Å². The average Bonchev–Trinajstić information content (AvgIpc) is 2.74. The summed E-state index contributed by atoms with van der Waals surface area (Å²) in [5, 5.41) is 2.66. The van der Waals surface area contributed by atoms with Crippen LogP contribution in [0.3, 0.4) is 0 Å². The molecule has 1 heterocycles. The number of carbonyl (C=O) groups is 1. The lowest BCUT2D eigenvalue weighted by atomic mass is 9.99. The van der Waals surface area contributed by atoms with E-state index >= 15 is 0 Å². The number of rotatable bonds is 1. The van der Waals surface area contributed by atoms with Gasteiger partial charge in [-0.2, -0.15) is 0 Å². The summed E-state index contributed by atoms with van der Waals surface area (Å²) in [4.78, 5) is 13.6. The van der Waals surface area contributed by atoms with Crippen molar-refractivity contribution in [2.75, 3.05) is 7.05 Å². The highest BCUT2D eigenvalue weighted by atomic mass is 32.1. The Bertz CT molecular complexity index is 307. The molecule has 15 heavy (non-hydrogen) atoms. The highest BCUT2D eigenvalue weighted by Crippen LogP contribution is 2.29. The topological polar surface area (TPSA) is 29.1 Å². The molecule has 0 aliphatic heterocycles. The zero-order valence-corrected chi connectivity index (χ0v) is 10.5. The summed E-state index contributed by atoms with van der Waals surface area (Å²) >= 11 is 1.66. The van der Waals surface area contributed by atoms with Crippen LogP contribution >= 0.6 is 11.3 Å². The number of aryl methyl sites for hydroxylation is 2. The van der Waals surface area contributed by atoms with Gasteiger partial charge in [0.1, 0.15) is 0 Å². The first-order chi connectivity index (χ1) is 7.31. The SMILES string of the molecule is CC.CNC(=O)c1cc2c(s1)CCCC2. The minimum absolute atomic E-state index is 0.0550. The highest BCUT2D eigenvalue weighted by molar-refractivity contribution is 7.14. The van der Waals surface area contributed by atoms with Crippen molar-refractivity contribution in [1.82, 2.24) is 5.32 Å². The summed E-state index contributed by atoms with van der Waals surface area (Å²) < 4.78 is 0. The van der Waals surface area contributed by atoms with Gasteiger partial charge in [-0.05, 0) is 37.3 Å². The zero-order chi connectivity index (χ0) is 11.3. The van der Waals surface area contributed by atoms with Gasteiger partial charge in [0.05, 0.1) is 4.88 Å². The van der Waals surface area contributed by atoms with E-state index in [9.17, 15) is 4.79 Å². The van der Waals surface area contributed by atoms with Crippen LogP contribution in [0, 0.1) is 0 Å². The van der Waals surface area contributed by atoms with Crippen LogP contribution in [0.15, 0.2) is 6.07 Å². The van der Waals surface area contributed by atoms with Crippen molar-refractivity contribution in [3.63, 3.8) is 0 Å². The molecule has 1 aliphatic carbocycles. The van der Waals surface area contributed by atoms with E-state index in [2.05, 4.69) is 11.4 Å². The maximum Gasteiger partial charge on any atom is 0.261 e. The van der Waals surface area contributed by atoms with E-state index in [1.165, 1.54) is 23.3 Å². The third-order valence-electron chi connectivity index (χ3n) is 2.45. The minimum atomic E-state index is 0.0550. The standard InChI is InChI=1S/C10H13NOS.C2H6/c1-11-10(12)9-6-7-4-2-3-5-8(7)13-9;1-2/h6H,2-5H2,1H3,(H,11,12);1-2H3. The molecule has 0 spiro atoms. The predicted molar refractivity (Wildman–Crippen MR) is 65.7 cm³/mol. The largest absolute Gasteiger partial charge is 0.354 e. The average molecular weight is 225 g/mol. The lowest BCUT2D eigenvalue weighted by molar-refractivity contribution is 0.0967. The summed E-state index contributed by atoms with van der Waals surface area (Å²) in [7, 11) is 1.68. The molecule has 0 aromatic carbocycles. The van der Waals surface area contributed by atoms with Crippen LogP contribution in [0.4, 0.5) is 0 Å². The lowest BCUT2D eigenvalue weighted by Crippen LogP contribution is -2.16. The third kappa shape index (κ3) is 2.81. The fourth-order valence-electron chi connectivity index (χ4n) is 1.73. The van der Waals surface area contributed by atoms with E-state index < -0.39 is 0 Å². The molecular formula is C12H19NOS. The molecule has 0 atom stereocenters. The summed E-state index contributed by atoms with van der Waals surface area (Å²) in [6.45, 7) is 4.00. The second-order valence-electron chi connectivity index (χ2n) is 3.35. The molecule has 0 radical (unpaired) electrons. The van der Waals surface area contributed by atoms with Crippen LogP contribution in [0.5, 0.6) is 0 Å². The maximum atomic E-state index is 11.3. The number of hydrogen-bond donors (Lipinski definition) is 1. The van der Waals surface area contributed by atoms with Gasteiger partial charge in [-0.1, -0.05) is 13.8 Å². The fourth-order valence-corrected chi connectivity index (χ4v) is 2.93. The minimum Gasteiger partial charge on any atom is -0.354 e. The van der Waals surface area contributed by atoms with E-state index in [0.29, 0.717) is 0 Å². The second-order valence-corrected chi connectivity index (χ2v) is 4.48. The highest BCUT2D eigenvalue weighted by Gasteiger charge is 2.15. The molecule has 1 aromatic heterocycles. The Kier molecular flexibility index (Phi) is 4.82. The Morgan fingerprint density at radius 3 is 2.60 bits per heavy atom. The van der Waals surface area contributed by atoms with Gasteiger partial charge in [0, 0.05) is 11.9 Å². The Morgan fingerprint density at radius 1 is 1.33 bits per heavy atom. The molecule has 3 heteroatoms. The molecule has 1 aromatic rings. The first-order valence-electron chi connectivity index (χ1n) is 5.65. The Balaban J connectivity index is 0.000000531. The third-order valence-corrected chi connectivity index (χ3v) is 3.68. The van der Waals surface area contributed by atoms with Crippen LogP contribution in [0.2, 0.25) is 0 Å². The number of fused-ring (bicyclic) bond motifs is 1. The number of thiophene rings is 1. The van der Waals surface area contributed by atoms with Crippen LogP contribution in [-0.4, -0.2) is 13.0 Å². The van der Waals surface area contributed by atoms with Crippen molar-refractivity contribution < 1.29 is 4.79 Å². The maximum absolute atomic E-state index is 11.3. The van der Waals surface area contributed by atoms with E-state index in [4.69, 9.17) is 0 Å². The molecule has 0 bridgehead atoms. The quantitative estimate of drug-likeness (QED) is 0.782. The predicted octanol–water partition coefficient (Wildman–Crippen LogP) is 3.01. The van der Waals surface area contributed by atoms with Crippen molar-refractivity contribution in [2.45, 2.75) is 39.5 Å². The Morgan fingerprint density at radius 2 is 2.00 bits per heavy atom. The van der Waals surface area contributed by atoms with Gasteiger partial charge < -0.3 is 5.32 Å². The summed E-state index contributed by atoms with van der Waals surface area (Å²) in [6.07, 6.45) is 4.87. The smallest absolute Gasteiger partial charge is 0.261 e. The van der Waals surface area contributed by atoms with Gasteiger partial charge in [0.15, 0.2) is 0 Å². The van der Waals surface area contributed by atoms with E-state index in [1.54, 1.807) is 18.4 Å². The summed E-state index contributed by atoms with van der Waals surface area (Å²) in [5.74, 6) is 0.0550. The molecule has 0 unspecified atom stereocenters. The first kappa shape index (κ1) is 12.2. The van der Waals surface area contributed by atoms with E-state index in [1.807, 2.05) is 13.8 Å². The van der Waals surface area contributed by atoms with Crippen molar-refractivity contribution in [3.8, 4) is 0 Å². The lowest BCUT2D eigenvalue weighted by Gasteiger charge is -2.08. The van der Waals surface area contributed by atoms with Crippen LogP contribution < -0.4 is 5.32 Å². The fraction of sp³-hybridized carbons (Fsp3) is 0.583. The molecule has 2 rings (SSSR count). The molecule has 0 saturated heterocycles. The molecule has 0 saturated carbocycles. The van der Waals surface area contributed by atoms with Gasteiger partial charge >= 0.3 is 0 Å². The Hall–Kier alpha value is -0.830. The van der Waals surface area contributed by atoms with Crippen LogP contribution in [0.1, 0.15) is 46.8 Å². The molecule has 84 valence electrons. The molecule has 2 nitrogen and oxygen atoms in total. The second kappa shape index (κ2) is 5.91. The molecule has 1 aliphatic rings. The Labute approximate surface area is 95.7 Å². The van der Waals surface area contributed by atoms with Crippen LogP contribution in [0.25, 0.3) is 0 Å². The summed E-state index contributed by atoms with van der Waals surface area (Å²) in [6, 6.07) is 2.05. The van der Waals surface area contributed by atoms with Crippen LogP contribution in [-0.2, 0) is 12.8 Å². The molecule has 0 fully saturated rings. The first-order valence-corrected chi connectivity index (χ1v) is 6.46. The monoisotopic (exact) mass is 225 g/mol. The molecule has 1 N–H and O–H groups in total. The normalized spacial score (nSPS) is 13.5. The van der Waals surface area contributed by atoms with Crippen molar-refractivity contribution >= 4 is 17.2 Å². The number of nitrogens with one attached hydrogen (secondary N) is 1. The number of carbonyl (C=O) groups excluding carboxylic acids is 1. The van der Waals surface area contributed by atoms with Gasteiger partial charge in [-0.3, -0.25) is 4.79 Å². The molecular weight excluding hydrogens is 206 g/mol. The van der Waals surface area contributed by atoms with Gasteiger partial charge in [-0.25, -0.2) is 0 Å². The van der Waals surface area contributed by atoms with Gasteiger partial charge in [-0.15, -0.1) is 11.3 Å². The zero-order valence-electron chi connectivity index (χ0n) is 9.72. The number of amides is 1. The van der Waals surface area contributed by atoms with Gasteiger partial charge in [0.25, 0.3) is 5.91 Å². The van der Waals surface area contributed by atoms with Crippen molar-refractivity contribution in [2.24, 2.45) is 0 Å². The number of hydrogen-bond acceptors (Lipinski definition) is 2. The molecule has 1 amide bonds. The van der Waals surface area contributed by atoms with Crippen molar-refractivity contribution in [1.29, 1.82) is 0 Å². The van der Waals surface area contributed by atoms with Gasteiger partial charge in [0.2, 0.25) is 0 Å².